The van der Waals surface area contributed by atoms with Crippen LogP contribution in [-0.2, 0) is 19.1 Å². The first-order valence-corrected chi connectivity index (χ1v) is 7.61. The summed E-state index contributed by atoms with van der Waals surface area (Å²) in [5.41, 5.74) is 1.85. The van der Waals surface area contributed by atoms with Gasteiger partial charge in [0.1, 0.15) is 5.82 Å². The van der Waals surface area contributed by atoms with Gasteiger partial charge in [-0.1, -0.05) is 42.5 Å². The van der Waals surface area contributed by atoms with Crippen LogP contribution in [0.1, 0.15) is 32.3 Å². The zero-order chi connectivity index (χ0) is 17.7. The van der Waals surface area contributed by atoms with Gasteiger partial charge in [0, 0.05) is 19.4 Å². The fourth-order valence-electron chi connectivity index (χ4n) is 2.34. The highest BCUT2D eigenvalue weighted by Gasteiger charge is 2.23. The van der Waals surface area contributed by atoms with Crippen LogP contribution in [0.3, 0.4) is 0 Å². The first-order valence-electron chi connectivity index (χ1n) is 7.61. The maximum Gasteiger partial charge on any atom is 0.316 e. The molecule has 2 rings (SSSR count). The van der Waals surface area contributed by atoms with Crippen molar-refractivity contribution in [1.82, 2.24) is 0 Å². The molecule has 0 heterocycles. The molecule has 2 unspecified atom stereocenters. The number of benzene rings is 2. The summed E-state index contributed by atoms with van der Waals surface area (Å²) in [4.78, 5) is 22.9. The third-order valence-electron chi connectivity index (χ3n) is 3.54. The maximum atomic E-state index is 14.4. The van der Waals surface area contributed by atoms with Gasteiger partial charge in [0.2, 0.25) is 6.29 Å². The molecule has 2 atom stereocenters. The monoisotopic (exact) mass is 330 g/mol. The second-order valence-corrected chi connectivity index (χ2v) is 5.44. The summed E-state index contributed by atoms with van der Waals surface area (Å²) >= 11 is 0. The molecule has 126 valence electrons. The highest BCUT2D eigenvalue weighted by molar-refractivity contribution is 5.78. The predicted molar refractivity (Wildman–Crippen MR) is 87.6 cm³/mol. The van der Waals surface area contributed by atoms with Gasteiger partial charge in [-0.25, -0.2) is 4.39 Å². The summed E-state index contributed by atoms with van der Waals surface area (Å²) in [6.45, 7) is 4.19. The molecule has 0 saturated carbocycles. The minimum absolute atomic E-state index is 0.231. The van der Waals surface area contributed by atoms with Gasteiger partial charge < -0.3 is 9.47 Å². The van der Waals surface area contributed by atoms with Crippen molar-refractivity contribution in [2.75, 3.05) is 0 Å². The Bertz CT molecular complexity index is 727. The molecular weight excluding hydrogens is 311 g/mol. The van der Waals surface area contributed by atoms with Crippen LogP contribution in [-0.4, -0.2) is 18.2 Å². The van der Waals surface area contributed by atoms with Crippen LogP contribution in [0.5, 0.6) is 0 Å². The zero-order valence-corrected chi connectivity index (χ0v) is 13.8. The fraction of sp³-hybridized carbons (Fsp3) is 0.263. The van der Waals surface area contributed by atoms with E-state index in [0.717, 1.165) is 11.1 Å². The molecular formula is C19H19FO4. The van der Waals surface area contributed by atoms with Crippen molar-refractivity contribution in [3.8, 4) is 11.1 Å². The Morgan fingerprint density at radius 1 is 0.958 bits per heavy atom. The molecule has 2 aromatic carbocycles. The summed E-state index contributed by atoms with van der Waals surface area (Å²) in [7, 11) is 0. The van der Waals surface area contributed by atoms with Crippen LogP contribution >= 0.6 is 0 Å². The third kappa shape index (κ3) is 4.41. The van der Waals surface area contributed by atoms with Crippen molar-refractivity contribution >= 4 is 11.9 Å². The van der Waals surface area contributed by atoms with Crippen LogP contribution in [0.25, 0.3) is 11.1 Å². The van der Waals surface area contributed by atoms with E-state index in [0.29, 0.717) is 0 Å². The Kier molecular flexibility index (Phi) is 5.68. The molecule has 0 saturated heterocycles. The normalized spacial score (nSPS) is 13.0. The summed E-state index contributed by atoms with van der Waals surface area (Å²) in [6.07, 6.45) is -1.01. The molecule has 2 aromatic rings. The summed E-state index contributed by atoms with van der Waals surface area (Å²) in [5.74, 6) is -2.51. The Labute approximate surface area is 140 Å². The number of esters is 2. The number of rotatable bonds is 5. The first-order chi connectivity index (χ1) is 11.4. The molecule has 0 spiro atoms. The zero-order valence-electron chi connectivity index (χ0n) is 13.8. The van der Waals surface area contributed by atoms with Crippen LogP contribution in [0.2, 0.25) is 0 Å². The molecule has 24 heavy (non-hydrogen) atoms. The van der Waals surface area contributed by atoms with Crippen LogP contribution < -0.4 is 0 Å². The summed E-state index contributed by atoms with van der Waals surface area (Å²) in [5, 5.41) is 0. The first kappa shape index (κ1) is 17.7. The Morgan fingerprint density at radius 2 is 1.62 bits per heavy atom. The van der Waals surface area contributed by atoms with E-state index in [9.17, 15) is 14.0 Å². The Hall–Kier alpha value is -2.69. The highest BCUT2D eigenvalue weighted by atomic mass is 19.1. The number of hydrogen-bond donors (Lipinski definition) is 0. The molecule has 0 radical (unpaired) electrons. The smallest absolute Gasteiger partial charge is 0.316 e. The highest BCUT2D eigenvalue weighted by Crippen LogP contribution is 2.26. The Balaban J connectivity index is 2.14. The van der Waals surface area contributed by atoms with E-state index >= 15 is 0 Å². The molecule has 5 heteroatoms. The van der Waals surface area contributed by atoms with E-state index in [2.05, 4.69) is 0 Å². The van der Waals surface area contributed by atoms with E-state index in [4.69, 9.17) is 9.47 Å². The third-order valence-corrected chi connectivity index (χ3v) is 3.54. The number of carbonyl (C=O) groups excluding carboxylic acids is 2. The van der Waals surface area contributed by atoms with Gasteiger partial charge in [0.05, 0.1) is 5.92 Å². The topological polar surface area (TPSA) is 52.6 Å². The van der Waals surface area contributed by atoms with Crippen molar-refractivity contribution in [3.05, 3.63) is 59.9 Å². The number of hydrogen-bond acceptors (Lipinski definition) is 4. The largest absolute Gasteiger partial charge is 0.426 e. The van der Waals surface area contributed by atoms with E-state index < -0.39 is 30.0 Å². The van der Waals surface area contributed by atoms with Crippen LogP contribution in [0.15, 0.2) is 48.5 Å². The fourth-order valence-corrected chi connectivity index (χ4v) is 2.34. The number of halogens is 1. The van der Waals surface area contributed by atoms with Crippen molar-refractivity contribution in [2.45, 2.75) is 33.0 Å². The van der Waals surface area contributed by atoms with Gasteiger partial charge in [-0.2, -0.15) is 0 Å². The standard InChI is InChI=1S/C19H19FO4/c1-12(19(22)24-14(3)23-13(2)21)17-10-9-16(11-18(17)20)15-7-5-4-6-8-15/h4-12,14H,1-3H3. The number of carbonyl (C=O) groups is 2. The quantitative estimate of drug-likeness (QED) is 0.613. The minimum atomic E-state index is -1.01. The second-order valence-electron chi connectivity index (χ2n) is 5.44. The molecule has 0 aliphatic rings. The maximum absolute atomic E-state index is 14.4. The molecule has 0 fully saturated rings. The molecule has 4 nitrogen and oxygen atoms in total. The molecule has 0 aliphatic heterocycles. The van der Waals surface area contributed by atoms with E-state index in [-0.39, 0.29) is 5.56 Å². The summed E-state index contributed by atoms with van der Waals surface area (Å²) < 4.78 is 24.1. The van der Waals surface area contributed by atoms with E-state index in [1.807, 2.05) is 30.3 Å². The Morgan fingerprint density at radius 3 is 2.21 bits per heavy atom. The van der Waals surface area contributed by atoms with Crippen molar-refractivity contribution < 1.29 is 23.5 Å². The molecule has 0 aromatic heterocycles. The lowest BCUT2D eigenvalue weighted by Crippen LogP contribution is -2.23. The van der Waals surface area contributed by atoms with Crippen LogP contribution in [0.4, 0.5) is 4.39 Å². The SMILES string of the molecule is CC(=O)OC(C)OC(=O)C(C)c1ccc(-c2ccccc2)cc1F. The van der Waals surface area contributed by atoms with E-state index in [1.54, 1.807) is 19.1 Å². The predicted octanol–water partition coefficient (Wildman–Crippen LogP) is 4.05. The van der Waals surface area contributed by atoms with Gasteiger partial charge in [0.15, 0.2) is 0 Å². The van der Waals surface area contributed by atoms with Gasteiger partial charge in [-0.3, -0.25) is 9.59 Å². The van der Waals surface area contributed by atoms with E-state index in [1.165, 1.54) is 19.9 Å². The molecule has 0 amide bonds. The van der Waals surface area contributed by atoms with Crippen molar-refractivity contribution in [3.63, 3.8) is 0 Å². The molecule has 0 aliphatic carbocycles. The van der Waals surface area contributed by atoms with Gasteiger partial charge in [0.25, 0.3) is 0 Å². The number of ether oxygens (including phenoxy) is 2. The van der Waals surface area contributed by atoms with Gasteiger partial charge >= 0.3 is 11.9 Å². The molecule has 0 bridgehead atoms. The summed E-state index contributed by atoms with van der Waals surface area (Å²) in [6, 6.07) is 14.1. The van der Waals surface area contributed by atoms with Crippen molar-refractivity contribution in [2.24, 2.45) is 0 Å². The lowest BCUT2D eigenvalue weighted by atomic mass is 9.97. The van der Waals surface area contributed by atoms with Crippen LogP contribution in [0, 0.1) is 5.82 Å². The minimum Gasteiger partial charge on any atom is -0.426 e. The second kappa shape index (κ2) is 7.73. The lowest BCUT2D eigenvalue weighted by molar-refractivity contribution is -0.183. The average molecular weight is 330 g/mol. The van der Waals surface area contributed by atoms with Gasteiger partial charge in [-0.05, 0) is 24.1 Å². The van der Waals surface area contributed by atoms with Crippen molar-refractivity contribution in [1.29, 1.82) is 0 Å². The lowest BCUT2D eigenvalue weighted by Gasteiger charge is -2.17. The average Bonchev–Trinajstić information content (AvgIpc) is 2.54. The molecule has 0 N–H and O–H groups in total. The van der Waals surface area contributed by atoms with Gasteiger partial charge in [-0.15, -0.1) is 0 Å².